The van der Waals surface area contributed by atoms with Gasteiger partial charge in [-0.1, -0.05) is 6.92 Å². The van der Waals surface area contributed by atoms with Crippen LogP contribution < -0.4 is 0 Å². The molecule has 3 aliphatic carbocycles. The Balaban J connectivity index is 1.66. The molecule has 0 radical (unpaired) electrons. The van der Waals surface area contributed by atoms with Crippen LogP contribution in [0.25, 0.3) is 0 Å². The summed E-state index contributed by atoms with van der Waals surface area (Å²) in [7, 11) is 1.30. The Morgan fingerprint density at radius 3 is 2.45 bits per heavy atom. The van der Waals surface area contributed by atoms with Gasteiger partial charge in [-0.25, -0.2) is 0 Å². The molecule has 2 aliphatic heterocycles. The number of carbonyl (C=O) groups is 4. The van der Waals surface area contributed by atoms with E-state index < -0.39 is 70.3 Å². The quantitative estimate of drug-likeness (QED) is 0.308. The minimum Gasteiger partial charge on any atom is -0.472 e. The third-order valence-electron chi connectivity index (χ3n) is 10.8. The van der Waals surface area contributed by atoms with Crippen LogP contribution in [-0.4, -0.2) is 72.2 Å². The van der Waals surface area contributed by atoms with E-state index in [4.69, 9.17) is 28.1 Å². The van der Waals surface area contributed by atoms with Crippen LogP contribution in [0, 0.1) is 22.7 Å². The second-order valence-corrected chi connectivity index (χ2v) is 13.1. The Hall–Kier alpha value is -3.02. The van der Waals surface area contributed by atoms with Crippen molar-refractivity contribution in [2.45, 2.75) is 95.9 Å². The number of hydrogen-bond acceptors (Lipinski definition) is 11. The monoisotopic (exact) mass is 586 g/mol. The number of methoxy groups -OCH3 is 1. The van der Waals surface area contributed by atoms with Gasteiger partial charge in [0.2, 0.25) is 5.79 Å². The van der Waals surface area contributed by atoms with Gasteiger partial charge in [0, 0.05) is 48.9 Å². The second kappa shape index (κ2) is 9.49. The second-order valence-electron chi connectivity index (χ2n) is 13.1. The summed E-state index contributed by atoms with van der Waals surface area (Å²) in [6.07, 6.45) is 0.719. The van der Waals surface area contributed by atoms with Gasteiger partial charge in [-0.05, 0) is 49.5 Å². The highest BCUT2D eigenvalue weighted by Crippen LogP contribution is 2.74. The predicted molar refractivity (Wildman–Crippen MR) is 142 cm³/mol. The number of rotatable bonds is 5. The van der Waals surface area contributed by atoms with Gasteiger partial charge in [-0.3, -0.25) is 19.2 Å². The van der Waals surface area contributed by atoms with Crippen LogP contribution in [0.5, 0.6) is 0 Å². The number of ketones is 1. The number of esters is 3. The molecule has 0 bridgehead atoms. The number of furan rings is 1. The number of Topliss-reactive ketones (excluding diaryl/α,β-unsaturated/α-hetero) is 1. The SMILES string of the molecule is COC(=O)C[C@H]1C(C)(C)O[C@@]23OCC4=C5[C@H](O)C[C@@H](c6ccoc6)[C@]5(C)[C@@H](OC(C)=O)[C@H](OC(C)=O)C4[C@@]12CCC3=O. The zero-order valence-corrected chi connectivity index (χ0v) is 24.8. The fraction of sp³-hybridized carbons (Fsp3) is 0.677. The van der Waals surface area contributed by atoms with Gasteiger partial charge in [0.15, 0.2) is 5.78 Å². The minimum atomic E-state index is -1.72. The number of aliphatic hydroxyl groups excluding tert-OH is 1. The fourth-order valence-electron chi connectivity index (χ4n) is 9.55. The average Bonchev–Trinajstić information content (AvgIpc) is 3.64. The molecule has 1 unspecified atom stereocenters. The van der Waals surface area contributed by atoms with Gasteiger partial charge in [0.05, 0.1) is 44.4 Å². The third kappa shape index (κ3) is 3.62. The summed E-state index contributed by atoms with van der Waals surface area (Å²) < 4.78 is 35.8. The lowest BCUT2D eigenvalue weighted by molar-refractivity contribution is -0.284. The molecule has 42 heavy (non-hydrogen) atoms. The Morgan fingerprint density at radius 2 is 1.83 bits per heavy atom. The molecule has 1 aromatic heterocycles. The molecule has 228 valence electrons. The maximum absolute atomic E-state index is 13.8. The number of fused-ring (bicyclic) bond motifs is 2. The van der Waals surface area contributed by atoms with Crippen LogP contribution in [-0.2, 0) is 42.9 Å². The van der Waals surface area contributed by atoms with Gasteiger partial charge in [0.25, 0.3) is 0 Å². The highest BCUT2D eigenvalue weighted by molar-refractivity contribution is 5.91. The van der Waals surface area contributed by atoms with E-state index in [2.05, 4.69) is 0 Å². The van der Waals surface area contributed by atoms with Crippen LogP contribution in [0.2, 0.25) is 0 Å². The summed E-state index contributed by atoms with van der Waals surface area (Å²) in [6, 6.07) is 1.81. The Kier molecular flexibility index (Phi) is 6.57. The molecule has 5 aliphatic rings. The minimum absolute atomic E-state index is 0.0656. The number of hydrogen-bond donors (Lipinski definition) is 1. The topological polar surface area (TPSA) is 148 Å². The maximum Gasteiger partial charge on any atom is 0.305 e. The number of ether oxygens (including phenoxy) is 5. The summed E-state index contributed by atoms with van der Waals surface area (Å²) >= 11 is 0. The van der Waals surface area contributed by atoms with Crippen LogP contribution >= 0.6 is 0 Å². The first-order valence-corrected chi connectivity index (χ1v) is 14.5. The van der Waals surface area contributed by atoms with Gasteiger partial charge < -0.3 is 33.2 Å². The molecule has 2 saturated heterocycles. The van der Waals surface area contributed by atoms with Gasteiger partial charge in [-0.15, -0.1) is 0 Å². The van der Waals surface area contributed by atoms with Crippen LogP contribution in [0.15, 0.2) is 34.2 Å². The Morgan fingerprint density at radius 1 is 1.12 bits per heavy atom. The zero-order valence-electron chi connectivity index (χ0n) is 24.8. The van der Waals surface area contributed by atoms with Crippen molar-refractivity contribution in [2.75, 3.05) is 13.7 Å². The van der Waals surface area contributed by atoms with E-state index in [1.54, 1.807) is 12.5 Å². The molecule has 11 heteroatoms. The molecule has 6 rings (SSSR count). The predicted octanol–water partition coefficient (Wildman–Crippen LogP) is 2.99. The lowest BCUT2D eigenvalue weighted by Crippen LogP contribution is -2.67. The Labute approximate surface area is 243 Å². The van der Waals surface area contributed by atoms with Crippen molar-refractivity contribution in [1.29, 1.82) is 0 Å². The molecule has 9 atom stereocenters. The van der Waals surface area contributed by atoms with E-state index in [-0.39, 0.29) is 37.6 Å². The highest BCUT2D eigenvalue weighted by Gasteiger charge is 2.82. The Bertz CT molecular complexity index is 1360. The van der Waals surface area contributed by atoms with Crippen LogP contribution in [0.3, 0.4) is 0 Å². The summed E-state index contributed by atoms with van der Waals surface area (Å²) in [4.78, 5) is 52.2. The molecule has 0 spiro atoms. The first-order valence-electron chi connectivity index (χ1n) is 14.5. The molecule has 11 nitrogen and oxygen atoms in total. The molecule has 0 aromatic carbocycles. The average molecular weight is 587 g/mol. The van der Waals surface area contributed by atoms with Crippen molar-refractivity contribution in [3.63, 3.8) is 0 Å². The first kappa shape index (κ1) is 29.1. The van der Waals surface area contributed by atoms with Gasteiger partial charge >= 0.3 is 17.9 Å². The van der Waals surface area contributed by atoms with Crippen molar-refractivity contribution in [2.24, 2.45) is 22.7 Å². The van der Waals surface area contributed by atoms with E-state index in [1.165, 1.54) is 21.0 Å². The molecule has 4 fully saturated rings. The van der Waals surface area contributed by atoms with Crippen molar-refractivity contribution in [3.8, 4) is 0 Å². The molecule has 0 amide bonds. The van der Waals surface area contributed by atoms with Crippen molar-refractivity contribution in [1.82, 2.24) is 0 Å². The number of aliphatic hydroxyl groups is 1. The fourth-order valence-corrected chi connectivity index (χ4v) is 9.55. The van der Waals surface area contributed by atoms with Gasteiger partial charge in [0.1, 0.15) is 12.2 Å². The smallest absolute Gasteiger partial charge is 0.305 e. The molecular weight excluding hydrogens is 548 g/mol. The standard InChI is InChI=1S/C31H38O11/c1-15(32)40-26-25-18(24-20(34)11-19(17-8-10-38-13-17)29(24,5)27(26)41-16(2)33)14-39-31-22(35)7-9-30(25,31)21(12-23(36)37-6)28(3,4)42-31/h8,10,13,19-21,25-27,34H,7,9,11-12,14H2,1-6H3/t19-,20+,21-,25?,26+,27-,29-,30+,31+/m0/s1. The van der Waals surface area contributed by atoms with E-state index in [1.807, 2.05) is 26.8 Å². The lowest BCUT2D eigenvalue weighted by Gasteiger charge is -2.59. The van der Waals surface area contributed by atoms with Crippen LogP contribution in [0.4, 0.5) is 0 Å². The van der Waals surface area contributed by atoms with Gasteiger partial charge in [-0.2, -0.15) is 0 Å². The summed E-state index contributed by atoms with van der Waals surface area (Å²) in [5.74, 6) is -5.35. The summed E-state index contributed by atoms with van der Waals surface area (Å²) in [5.41, 5.74) is -1.09. The zero-order chi connectivity index (χ0) is 30.4. The highest BCUT2D eigenvalue weighted by atomic mass is 16.7. The molecule has 3 heterocycles. The lowest BCUT2D eigenvalue weighted by atomic mass is 9.49. The molecule has 1 aromatic rings. The summed E-state index contributed by atoms with van der Waals surface area (Å²) in [6.45, 7) is 8.04. The maximum atomic E-state index is 13.8. The summed E-state index contributed by atoms with van der Waals surface area (Å²) in [5, 5.41) is 11.7. The van der Waals surface area contributed by atoms with Crippen molar-refractivity contribution in [3.05, 3.63) is 35.3 Å². The van der Waals surface area contributed by atoms with Crippen LogP contribution in [0.1, 0.15) is 71.8 Å². The van der Waals surface area contributed by atoms with E-state index in [0.29, 0.717) is 17.6 Å². The largest absolute Gasteiger partial charge is 0.472 e. The number of carbonyl (C=O) groups excluding carboxylic acids is 4. The van der Waals surface area contributed by atoms with E-state index in [0.717, 1.165) is 5.56 Å². The van der Waals surface area contributed by atoms with Crippen molar-refractivity contribution >= 4 is 23.7 Å². The molecule has 1 N–H and O–H groups in total. The van der Waals surface area contributed by atoms with Crippen molar-refractivity contribution < 1.29 is 52.4 Å². The van der Waals surface area contributed by atoms with E-state index >= 15 is 0 Å². The normalized spacial score (nSPS) is 41.5. The third-order valence-corrected chi connectivity index (χ3v) is 10.8. The van der Waals surface area contributed by atoms with E-state index in [9.17, 15) is 24.3 Å². The molecule has 2 saturated carbocycles. The molecular formula is C31H38O11. The first-order chi connectivity index (χ1) is 19.7.